The van der Waals surface area contributed by atoms with E-state index in [4.69, 9.17) is 15.6 Å². The van der Waals surface area contributed by atoms with Crippen LogP contribution < -0.4 is 10.5 Å². The lowest BCUT2D eigenvalue weighted by molar-refractivity contribution is -0.137. The van der Waals surface area contributed by atoms with Crippen molar-refractivity contribution in [2.75, 3.05) is 6.61 Å². The lowest BCUT2D eigenvalue weighted by Crippen LogP contribution is -2.30. The van der Waals surface area contributed by atoms with Gasteiger partial charge in [0.15, 0.2) is 0 Å². The summed E-state index contributed by atoms with van der Waals surface area (Å²) in [5.41, 5.74) is 7.73. The highest BCUT2D eigenvalue weighted by Gasteiger charge is 2.09. The molecular weight excluding hydrogens is 206 g/mol. The Balaban J connectivity index is 2.54. The fraction of sp³-hybridized carbons (Fsp3) is 0.417. The van der Waals surface area contributed by atoms with Gasteiger partial charge in [-0.25, -0.2) is 0 Å². The molecule has 0 aromatic heterocycles. The first-order valence-electron chi connectivity index (χ1n) is 5.16. The molecule has 0 aliphatic heterocycles. The summed E-state index contributed by atoms with van der Waals surface area (Å²) in [6, 6.07) is 5.41. The van der Waals surface area contributed by atoms with Crippen molar-refractivity contribution in [3.05, 3.63) is 29.3 Å². The summed E-state index contributed by atoms with van der Waals surface area (Å²) in [6.45, 7) is 4.14. The van der Waals surface area contributed by atoms with Gasteiger partial charge < -0.3 is 15.6 Å². The number of aryl methyl sites for hydroxylation is 2. The molecule has 0 radical (unpaired) electrons. The van der Waals surface area contributed by atoms with E-state index in [1.165, 1.54) is 0 Å². The average Bonchev–Trinajstić information content (AvgIpc) is 2.18. The molecule has 1 aromatic rings. The molecule has 16 heavy (non-hydrogen) atoms. The van der Waals surface area contributed by atoms with E-state index in [0.717, 1.165) is 16.9 Å². The fourth-order valence-electron chi connectivity index (χ4n) is 1.34. The van der Waals surface area contributed by atoms with E-state index in [9.17, 15) is 4.79 Å². The van der Waals surface area contributed by atoms with E-state index < -0.39 is 12.0 Å². The Kier molecular flexibility index (Phi) is 4.31. The van der Waals surface area contributed by atoms with Crippen LogP contribution in [0.5, 0.6) is 5.75 Å². The smallest absolute Gasteiger partial charge is 0.305 e. The van der Waals surface area contributed by atoms with Crippen molar-refractivity contribution < 1.29 is 14.6 Å². The molecule has 0 amide bonds. The number of carboxylic acid groups (broad SMARTS) is 1. The topological polar surface area (TPSA) is 72.5 Å². The van der Waals surface area contributed by atoms with Crippen LogP contribution in [0, 0.1) is 13.8 Å². The van der Waals surface area contributed by atoms with Crippen molar-refractivity contribution in [3.8, 4) is 5.75 Å². The predicted octanol–water partition coefficient (Wildman–Crippen LogP) is 1.48. The number of carbonyl (C=O) groups is 1. The van der Waals surface area contributed by atoms with Gasteiger partial charge in [-0.1, -0.05) is 12.1 Å². The standard InChI is InChI=1S/C12H17NO3/c1-8-3-4-9(2)11(5-8)16-7-10(13)6-12(14)15/h3-5,10H,6-7,13H2,1-2H3,(H,14,15). The highest BCUT2D eigenvalue weighted by atomic mass is 16.5. The number of carboxylic acids is 1. The number of hydrogen-bond donors (Lipinski definition) is 2. The van der Waals surface area contributed by atoms with Gasteiger partial charge in [-0.2, -0.15) is 0 Å². The monoisotopic (exact) mass is 223 g/mol. The summed E-state index contributed by atoms with van der Waals surface area (Å²) in [5.74, 6) is -0.141. The van der Waals surface area contributed by atoms with Crippen LogP contribution >= 0.6 is 0 Å². The zero-order valence-electron chi connectivity index (χ0n) is 9.56. The summed E-state index contributed by atoms with van der Waals surface area (Å²) < 4.78 is 5.49. The highest BCUT2D eigenvalue weighted by Crippen LogP contribution is 2.19. The molecule has 1 rings (SSSR count). The van der Waals surface area contributed by atoms with Crippen LogP contribution in [0.25, 0.3) is 0 Å². The molecule has 88 valence electrons. The van der Waals surface area contributed by atoms with Gasteiger partial charge in [0, 0.05) is 6.04 Å². The normalized spacial score (nSPS) is 12.2. The molecule has 0 aliphatic carbocycles. The second-order valence-electron chi connectivity index (χ2n) is 3.94. The van der Waals surface area contributed by atoms with E-state index in [-0.39, 0.29) is 13.0 Å². The molecule has 0 spiro atoms. The first-order chi connectivity index (χ1) is 7.49. The first-order valence-corrected chi connectivity index (χ1v) is 5.16. The lowest BCUT2D eigenvalue weighted by Gasteiger charge is -2.13. The maximum absolute atomic E-state index is 10.4. The number of benzene rings is 1. The van der Waals surface area contributed by atoms with Crippen LogP contribution in [0.2, 0.25) is 0 Å². The van der Waals surface area contributed by atoms with Crippen LogP contribution in [0.4, 0.5) is 0 Å². The summed E-state index contributed by atoms with van der Waals surface area (Å²) in [6.07, 6.45) is -0.0785. The molecule has 0 saturated carbocycles. The summed E-state index contributed by atoms with van der Waals surface area (Å²) in [4.78, 5) is 10.4. The minimum absolute atomic E-state index is 0.0785. The van der Waals surface area contributed by atoms with E-state index >= 15 is 0 Å². The van der Waals surface area contributed by atoms with Crippen LogP contribution in [-0.4, -0.2) is 23.7 Å². The number of aliphatic carboxylic acids is 1. The van der Waals surface area contributed by atoms with Crippen molar-refractivity contribution in [1.29, 1.82) is 0 Å². The van der Waals surface area contributed by atoms with Gasteiger partial charge in [-0.3, -0.25) is 4.79 Å². The first kappa shape index (κ1) is 12.5. The molecule has 3 N–H and O–H groups in total. The molecule has 0 bridgehead atoms. The van der Waals surface area contributed by atoms with Gasteiger partial charge in [0.1, 0.15) is 12.4 Å². The minimum Gasteiger partial charge on any atom is -0.492 e. The Labute approximate surface area is 95.0 Å². The lowest BCUT2D eigenvalue weighted by atomic mass is 10.1. The van der Waals surface area contributed by atoms with Crippen molar-refractivity contribution >= 4 is 5.97 Å². The summed E-state index contributed by atoms with van der Waals surface area (Å²) in [7, 11) is 0. The third-order valence-corrected chi connectivity index (χ3v) is 2.23. The van der Waals surface area contributed by atoms with Crippen LogP contribution in [-0.2, 0) is 4.79 Å². The van der Waals surface area contributed by atoms with Crippen molar-refractivity contribution in [2.24, 2.45) is 5.73 Å². The van der Waals surface area contributed by atoms with Gasteiger partial charge in [0.05, 0.1) is 6.42 Å². The summed E-state index contributed by atoms with van der Waals surface area (Å²) >= 11 is 0. The van der Waals surface area contributed by atoms with Crippen molar-refractivity contribution in [3.63, 3.8) is 0 Å². The Bertz CT molecular complexity index is 377. The van der Waals surface area contributed by atoms with Crippen molar-refractivity contribution in [1.82, 2.24) is 0 Å². The van der Waals surface area contributed by atoms with Crippen molar-refractivity contribution in [2.45, 2.75) is 26.3 Å². The molecule has 1 aromatic carbocycles. The number of nitrogens with two attached hydrogens (primary N) is 1. The molecular formula is C12H17NO3. The Morgan fingerprint density at radius 1 is 1.50 bits per heavy atom. The van der Waals surface area contributed by atoms with E-state index in [2.05, 4.69) is 0 Å². The largest absolute Gasteiger partial charge is 0.492 e. The molecule has 0 saturated heterocycles. The second-order valence-corrected chi connectivity index (χ2v) is 3.94. The van der Waals surface area contributed by atoms with Crippen LogP contribution in [0.3, 0.4) is 0 Å². The molecule has 4 heteroatoms. The zero-order valence-corrected chi connectivity index (χ0v) is 9.56. The average molecular weight is 223 g/mol. The molecule has 4 nitrogen and oxygen atoms in total. The van der Waals surface area contributed by atoms with Gasteiger partial charge in [-0.05, 0) is 31.0 Å². The van der Waals surface area contributed by atoms with Gasteiger partial charge in [0.2, 0.25) is 0 Å². The number of ether oxygens (including phenoxy) is 1. The van der Waals surface area contributed by atoms with Crippen LogP contribution in [0.1, 0.15) is 17.5 Å². The van der Waals surface area contributed by atoms with E-state index in [1.54, 1.807) is 0 Å². The zero-order chi connectivity index (χ0) is 12.1. The van der Waals surface area contributed by atoms with Gasteiger partial charge in [-0.15, -0.1) is 0 Å². The second kappa shape index (κ2) is 5.51. The quantitative estimate of drug-likeness (QED) is 0.793. The SMILES string of the molecule is Cc1ccc(C)c(OCC(N)CC(=O)O)c1. The number of hydrogen-bond acceptors (Lipinski definition) is 3. The van der Waals surface area contributed by atoms with E-state index in [0.29, 0.717) is 0 Å². The predicted molar refractivity (Wildman–Crippen MR) is 61.6 cm³/mol. The molecule has 1 atom stereocenters. The maximum atomic E-state index is 10.4. The van der Waals surface area contributed by atoms with Crippen LogP contribution in [0.15, 0.2) is 18.2 Å². The molecule has 0 aliphatic rings. The Hall–Kier alpha value is -1.55. The number of rotatable bonds is 5. The molecule has 0 heterocycles. The third-order valence-electron chi connectivity index (χ3n) is 2.23. The highest BCUT2D eigenvalue weighted by molar-refractivity contribution is 5.67. The van der Waals surface area contributed by atoms with Gasteiger partial charge >= 0.3 is 5.97 Å². The molecule has 1 unspecified atom stereocenters. The fourth-order valence-corrected chi connectivity index (χ4v) is 1.34. The van der Waals surface area contributed by atoms with Gasteiger partial charge in [0.25, 0.3) is 0 Å². The maximum Gasteiger partial charge on any atom is 0.305 e. The summed E-state index contributed by atoms with van der Waals surface area (Å²) in [5, 5.41) is 8.54. The Morgan fingerprint density at radius 2 is 2.19 bits per heavy atom. The third kappa shape index (κ3) is 3.90. The van der Waals surface area contributed by atoms with E-state index in [1.807, 2.05) is 32.0 Å². The Morgan fingerprint density at radius 3 is 2.81 bits per heavy atom. The molecule has 0 fully saturated rings. The minimum atomic E-state index is -0.905.